The van der Waals surface area contributed by atoms with Gasteiger partial charge in [-0.3, -0.25) is 9.59 Å². The summed E-state index contributed by atoms with van der Waals surface area (Å²) in [4.78, 5) is 26.7. The molecular weight excluding hydrogens is 358 g/mol. The molecule has 0 aliphatic carbocycles. The zero-order valence-corrected chi connectivity index (χ0v) is 15.6. The zero-order chi connectivity index (χ0) is 19.5. The first-order valence-corrected chi connectivity index (χ1v) is 9.33. The monoisotopic (exact) mass is 379 g/mol. The molecule has 28 heavy (non-hydrogen) atoms. The number of hydrogen-bond donors (Lipinski definition) is 0. The summed E-state index contributed by atoms with van der Waals surface area (Å²) >= 11 is 0. The third-order valence-electron chi connectivity index (χ3n) is 4.77. The molecule has 1 fully saturated rings. The maximum absolute atomic E-state index is 12.8. The highest BCUT2D eigenvalue weighted by atomic mass is 16.5. The van der Waals surface area contributed by atoms with E-state index in [0.717, 1.165) is 25.9 Å². The molecule has 144 valence electrons. The molecule has 1 amide bonds. The number of benzene rings is 2. The topological polar surface area (TPSA) is 69.0 Å². The molecule has 0 atom stereocenters. The summed E-state index contributed by atoms with van der Waals surface area (Å²) < 4.78 is 17.1. The highest BCUT2D eigenvalue weighted by Gasteiger charge is 2.19. The second-order valence-electron chi connectivity index (χ2n) is 6.77. The van der Waals surface area contributed by atoms with Gasteiger partial charge in [-0.15, -0.1) is 0 Å². The van der Waals surface area contributed by atoms with E-state index in [4.69, 9.17) is 13.9 Å². The fourth-order valence-corrected chi connectivity index (χ4v) is 3.29. The van der Waals surface area contributed by atoms with Gasteiger partial charge in [0.2, 0.25) is 11.2 Å². The molecule has 1 aliphatic heterocycles. The number of ether oxygens (including phenoxy) is 2. The first-order chi connectivity index (χ1) is 13.6. The van der Waals surface area contributed by atoms with Crippen LogP contribution in [0.15, 0.2) is 57.7 Å². The van der Waals surface area contributed by atoms with E-state index in [1.165, 1.54) is 0 Å². The van der Waals surface area contributed by atoms with Gasteiger partial charge in [-0.1, -0.05) is 18.2 Å². The Morgan fingerprint density at radius 1 is 1.07 bits per heavy atom. The molecule has 0 spiro atoms. The second-order valence-corrected chi connectivity index (χ2v) is 6.77. The van der Waals surface area contributed by atoms with E-state index in [2.05, 4.69) is 0 Å². The van der Waals surface area contributed by atoms with Crippen molar-refractivity contribution in [3.8, 4) is 17.2 Å². The van der Waals surface area contributed by atoms with E-state index in [0.29, 0.717) is 28.2 Å². The van der Waals surface area contributed by atoms with Gasteiger partial charge < -0.3 is 18.8 Å². The van der Waals surface area contributed by atoms with E-state index in [1.807, 2.05) is 18.2 Å². The molecule has 1 saturated heterocycles. The van der Waals surface area contributed by atoms with Gasteiger partial charge >= 0.3 is 0 Å². The van der Waals surface area contributed by atoms with Gasteiger partial charge in [-0.25, -0.2) is 0 Å². The van der Waals surface area contributed by atoms with Gasteiger partial charge in [0.05, 0.1) is 5.39 Å². The van der Waals surface area contributed by atoms with Crippen molar-refractivity contribution in [3.63, 3.8) is 0 Å². The molecule has 6 heteroatoms. The number of fused-ring (bicyclic) bond motifs is 1. The quantitative estimate of drug-likeness (QED) is 0.673. The van der Waals surface area contributed by atoms with Crippen molar-refractivity contribution >= 4 is 16.9 Å². The minimum absolute atomic E-state index is 0.0239. The number of carbonyl (C=O) groups is 1. The summed E-state index contributed by atoms with van der Waals surface area (Å²) in [5, 5.41) is 0.398. The number of para-hydroxylation sites is 1. The summed E-state index contributed by atoms with van der Waals surface area (Å²) in [5.41, 5.74) is 0.149. The van der Waals surface area contributed by atoms with Crippen molar-refractivity contribution in [3.05, 3.63) is 64.5 Å². The predicted molar refractivity (Wildman–Crippen MR) is 105 cm³/mol. The highest BCUT2D eigenvalue weighted by Crippen LogP contribution is 2.27. The summed E-state index contributed by atoms with van der Waals surface area (Å²) in [6.07, 6.45) is 2.08. The van der Waals surface area contributed by atoms with Crippen LogP contribution in [-0.2, 0) is 4.79 Å². The van der Waals surface area contributed by atoms with Crippen molar-refractivity contribution in [2.45, 2.75) is 19.8 Å². The lowest BCUT2D eigenvalue weighted by Gasteiger charge is -2.15. The average Bonchev–Trinajstić information content (AvgIpc) is 3.25. The highest BCUT2D eigenvalue weighted by molar-refractivity contribution is 5.80. The van der Waals surface area contributed by atoms with Gasteiger partial charge in [-0.05, 0) is 44.0 Å². The zero-order valence-electron chi connectivity index (χ0n) is 15.6. The molecule has 0 N–H and O–H groups in total. The fourth-order valence-electron chi connectivity index (χ4n) is 3.29. The van der Waals surface area contributed by atoms with E-state index >= 15 is 0 Å². The van der Waals surface area contributed by atoms with Crippen LogP contribution in [-0.4, -0.2) is 30.5 Å². The Labute approximate surface area is 162 Å². The standard InChI is InChI=1S/C22H21NO5/c1-15-22(28-16-7-3-2-4-8-16)21(25)18-10-9-17(13-19(18)27-15)26-14-20(24)23-11-5-6-12-23/h2-4,7-10,13H,5-6,11-12,14H2,1H3. The molecule has 1 aliphatic rings. The lowest BCUT2D eigenvalue weighted by Crippen LogP contribution is -2.32. The molecular formula is C22H21NO5. The number of rotatable bonds is 5. The van der Waals surface area contributed by atoms with Gasteiger partial charge in [0.25, 0.3) is 5.91 Å². The normalized spacial score (nSPS) is 13.7. The molecule has 6 nitrogen and oxygen atoms in total. The van der Waals surface area contributed by atoms with Crippen LogP contribution in [0.25, 0.3) is 11.0 Å². The predicted octanol–water partition coefficient (Wildman–Crippen LogP) is 3.89. The van der Waals surface area contributed by atoms with Crippen molar-refractivity contribution in [1.82, 2.24) is 4.90 Å². The Bertz CT molecular complexity index is 1050. The number of hydrogen-bond acceptors (Lipinski definition) is 5. The molecule has 0 radical (unpaired) electrons. The van der Waals surface area contributed by atoms with Gasteiger partial charge in [0, 0.05) is 19.2 Å². The Kier molecular flexibility index (Phi) is 5.02. The lowest BCUT2D eigenvalue weighted by molar-refractivity contribution is -0.132. The van der Waals surface area contributed by atoms with Crippen LogP contribution in [0.1, 0.15) is 18.6 Å². The summed E-state index contributed by atoms with van der Waals surface area (Å²) in [6.45, 7) is 3.24. The Balaban J connectivity index is 1.56. The SMILES string of the molecule is Cc1oc2cc(OCC(=O)N3CCCC3)ccc2c(=O)c1Oc1ccccc1. The Morgan fingerprint density at radius 2 is 1.82 bits per heavy atom. The summed E-state index contributed by atoms with van der Waals surface area (Å²) in [7, 11) is 0. The second kappa shape index (κ2) is 7.76. The van der Waals surface area contributed by atoms with Crippen LogP contribution in [0.2, 0.25) is 0 Å². The van der Waals surface area contributed by atoms with Gasteiger partial charge in [0.15, 0.2) is 6.61 Å². The molecule has 0 saturated carbocycles. The van der Waals surface area contributed by atoms with E-state index in [-0.39, 0.29) is 23.7 Å². The summed E-state index contributed by atoms with van der Waals surface area (Å²) in [6, 6.07) is 14.0. The van der Waals surface area contributed by atoms with Crippen LogP contribution >= 0.6 is 0 Å². The largest absolute Gasteiger partial charge is 0.484 e. The number of aryl methyl sites for hydroxylation is 1. The number of likely N-dealkylation sites (tertiary alicyclic amines) is 1. The average molecular weight is 379 g/mol. The molecule has 0 bridgehead atoms. The smallest absolute Gasteiger partial charge is 0.260 e. The van der Waals surface area contributed by atoms with Crippen LogP contribution < -0.4 is 14.9 Å². The van der Waals surface area contributed by atoms with E-state index in [1.54, 1.807) is 42.2 Å². The minimum Gasteiger partial charge on any atom is -0.484 e. The Morgan fingerprint density at radius 3 is 2.57 bits per heavy atom. The van der Waals surface area contributed by atoms with Crippen LogP contribution in [0.5, 0.6) is 17.2 Å². The molecule has 2 aromatic carbocycles. The number of nitrogens with zero attached hydrogens (tertiary/aromatic N) is 1. The lowest BCUT2D eigenvalue weighted by atomic mass is 10.2. The maximum atomic E-state index is 12.8. The van der Waals surface area contributed by atoms with Gasteiger partial charge in [0.1, 0.15) is 22.8 Å². The third kappa shape index (κ3) is 3.71. The van der Waals surface area contributed by atoms with Gasteiger partial charge in [-0.2, -0.15) is 0 Å². The van der Waals surface area contributed by atoms with Crippen molar-refractivity contribution in [2.24, 2.45) is 0 Å². The van der Waals surface area contributed by atoms with E-state index in [9.17, 15) is 9.59 Å². The molecule has 4 rings (SSSR count). The maximum Gasteiger partial charge on any atom is 0.260 e. The van der Waals surface area contributed by atoms with Crippen LogP contribution in [0, 0.1) is 6.92 Å². The number of carbonyl (C=O) groups excluding carboxylic acids is 1. The van der Waals surface area contributed by atoms with Crippen molar-refractivity contribution in [1.29, 1.82) is 0 Å². The number of amides is 1. The first kappa shape index (κ1) is 18.1. The third-order valence-corrected chi connectivity index (χ3v) is 4.77. The summed E-state index contributed by atoms with van der Waals surface area (Å²) in [5.74, 6) is 1.57. The van der Waals surface area contributed by atoms with Crippen molar-refractivity contribution < 1.29 is 18.7 Å². The fraction of sp³-hybridized carbons (Fsp3) is 0.273. The van der Waals surface area contributed by atoms with E-state index < -0.39 is 0 Å². The van der Waals surface area contributed by atoms with Crippen molar-refractivity contribution in [2.75, 3.05) is 19.7 Å². The first-order valence-electron chi connectivity index (χ1n) is 9.33. The van der Waals surface area contributed by atoms with Crippen LogP contribution in [0.3, 0.4) is 0 Å². The minimum atomic E-state index is -0.248. The molecule has 0 unspecified atom stereocenters. The molecule has 1 aromatic heterocycles. The Hall–Kier alpha value is -3.28. The molecule has 3 aromatic rings. The van der Waals surface area contributed by atoms with Crippen LogP contribution in [0.4, 0.5) is 0 Å². The molecule has 2 heterocycles.